The fraction of sp³-hybridized carbons (Fsp3) is 1.00. The minimum Gasteiger partial charge on any atom is -0.119 e. The molecule has 2 heteroatoms. The van der Waals surface area contributed by atoms with Gasteiger partial charge in [-0.3, -0.25) is 0 Å². The van der Waals surface area contributed by atoms with Gasteiger partial charge in [-0.1, -0.05) is 29.8 Å². The molecule has 0 aliphatic rings. The van der Waals surface area contributed by atoms with Crippen molar-refractivity contribution in [3.63, 3.8) is 0 Å². The van der Waals surface area contributed by atoms with E-state index in [1.807, 2.05) is 13.8 Å². The van der Waals surface area contributed by atoms with Crippen LogP contribution in [0.3, 0.4) is 0 Å². The molecular formula is C7H14BrCl. The van der Waals surface area contributed by atoms with Gasteiger partial charge in [0.2, 0.25) is 0 Å². The van der Waals surface area contributed by atoms with Crippen LogP contribution in [0.4, 0.5) is 0 Å². The molecule has 0 saturated carbocycles. The number of rotatable bonds is 2. The minimum absolute atomic E-state index is 0.131. The van der Waals surface area contributed by atoms with Crippen LogP contribution in [0, 0.1) is 5.92 Å². The molecular weight excluding hydrogens is 199 g/mol. The van der Waals surface area contributed by atoms with Gasteiger partial charge < -0.3 is 0 Å². The largest absolute Gasteiger partial charge is 0.119 e. The van der Waals surface area contributed by atoms with Crippen LogP contribution >= 0.6 is 27.5 Å². The molecule has 0 aliphatic heterocycles. The van der Waals surface area contributed by atoms with Crippen LogP contribution in [0.25, 0.3) is 0 Å². The minimum atomic E-state index is -0.131. The summed E-state index contributed by atoms with van der Waals surface area (Å²) in [6.07, 6.45) is 0. The van der Waals surface area contributed by atoms with E-state index < -0.39 is 0 Å². The number of alkyl halides is 2. The molecule has 0 saturated heterocycles. The van der Waals surface area contributed by atoms with Gasteiger partial charge in [-0.2, -0.15) is 0 Å². The summed E-state index contributed by atoms with van der Waals surface area (Å²) in [5.41, 5.74) is 0. The lowest BCUT2D eigenvalue weighted by atomic mass is 10.00. The second-order valence-corrected chi connectivity index (χ2v) is 5.17. The van der Waals surface area contributed by atoms with Gasteiger partial charge in [0.05, 0.1) is 4.87 Å². The maximum Gasteiger partial charge on any atom is 0.0517 e. The Balaban J connectivity index is 3.88. The Morgan fingerprint density at radius 1 is 1.33 bits per heavy atom. The predicted molar refractivity (Wildman–Crippen MR) is 47.5 cm³/mol. The number of halogens is 2. The topological polar surface area (TPSA) is 0 Å². The number of hydrogen-bond donors (Lipinski definition) is 0. The summed E-state index contributed by atoms with van der Waals surface area (Å²) >= 11 is 9.56. The zero-order valence-corrected chi connectivity index (χ0v) is 8.75. The van der Waals surface area contributed by atoms with Crippen LogP contribution in [0.15, 0.2) is 0 Å². The van der Waals surface area contributed by atoms with E-state index in [1.165, 1.54) is 0 Å². The van der Waals surface area contributed by atoms with Crippen LogP contribution in [-0.2, 0) is 0 Å². The molecule has 0 nitrogen and oxygen atoms in total. The highest BCUT2D eigenvalue weighted by atomic mass is 79.9. The monoisotopic (exact) mass is 212 g/mol. The first-order valence-corrected chi connectivity index (χ1v) is 4.48. The smallest absolute Gasteiger partial charge is 0.0517 e. The average molecular weight is 214 g/mol. The lowest BCUT2D eigenvalue weighted by Crippen LogP contribution is -2.29. The third kappa shape index (κ3) is 3.47. The first-order chi connectivity index (χ1) is 3.85. The quantitative estimate of drug-likeness (QED) is 0.617. The second kappa shape index (κ2) is 3.25. The molecule has 9 heavy (non-hydrogen) atoms. The van der Waals surface area contributed by atoms with Crippen molar-refractivity contribution in [2.24, 2.45) is 5.92 Å². The van der Waals surface area contributed by atoms with E-state index in [0.29, 0.717) is 10.7 Å². The van der Waals surface area contributed by atoms with Crippen molar-refractivity contribution in [1.82, 2.24) is 0 Å². The normalized spacial score (nSPS) is 16.3. The lowest BCUT2D eigenvalue weighted by Gasteiger charge is -2.25. The van der Waals surface area contributed by atoms with E-state index in [9.17, 15) is 0 Å². The maximum atomic E-state index is 6.03. The Labute approximate surface area is 71.1 Å². The summed E-state index contributed by atoms with van der Waals surface area (Å²) in [4.78, 5) is 0.264. The Bertz CT molecular complexity index is 83.4. The zero-order valence-electron chi connectivity index (χ0n) is 6.41. The fourth-order valence-electron chi connectivity index (χ4n) is 0.793. The van der Waals surface area contributed by atoms with Crippen LogP contribution in [0.1, 0.15) is 27.7 Å². The molecule has 0 aliphatic carbocycles. The summed E-state index contributed by atoms with van der Waals surface area (Å²) in [6, 6.07) is 0. The lowest BCUT2D eigenvalue weighted by molar-refractivity contribution is 0.522. The standard InChI is InChI=1S/C7H14BrCl/c1-5(2)6(8)7(3,4)9/h5-6H,1-4H3. The Kier molecular flexibility index (Phi) is 3.52. The van der Waals surface area contributed by atoms with Crippen molar-refractivity contribution in [1.29, 1.82) is 0 Å². The zero-order chi connectivity index (χ0) is 7.65. The molecule has 56 valence electrons. The molecule has 0 amide bonds. The predicted octanol–water partition coefficient (Wildman–Crippen LogP) is 3.42. The molecule has 1 unspecified atom stereocenters. The van der Waals surface area contributed by atoms with Gasteiger partial charge in [-0.25, -0.2) is 0 Å². The molecule has 1 atom stereocenters. The molecule has 0 N–H and O–H groups in total. The third-order valence-corrected chi connectivity index (χ3v) is 3.94. The van der Waals surface area contributed by atoms with Gasteiger partial charge in [-0.05, 0) is 19.8 Å². The van der Waals surface area contributed by atoms with Gasteiger partial charge in [0.15, 0.2) is 0 Å². The number of hydrogen-bond acceptors (Lipinski definition) is 0. The third-order valence-electron chi connectivity index (χ3n) is 1.24. The van der Waals surface area contributed by atoms with Crippen molar-refractivity contribution in [2.45, 2.75) is 37.4 Å². The summed E-state index contributed by atoms with van der Waals surface area (Å²) in [5, 5.41) is 0. The molecule has 0 rings (SSSR count). The van der Waals surface area contributed by atoms with Gasteiger partial charge in [-0.15, -0.1) is 11.6 Å². The molecule has 0 aromatic heterocycles. The van der Waals surface area contributed by atoms with Gasteiger partial charge >= 0.3 is 0 Å². The molecule has 0 bridgehead atoms. The molecule has 0 aromatic rings. The van der Waals surface area contributed by atoms with Crippen molar-refractivity contribution in [3.05, 3.63) is 0 Å². The van der Waals surface area contributed by atoms with E-state index in [-0.39, 0.29) is 4.87 Å². The fourth-order valence-corrected chi connectivity index (χ4v) is 1.04. The van der Waals surface area contributed by atoms with Crippen molar-refractivity contribution in [2.75, 3.05) is 0 Å². The summed E-state index contributed by atoms with van der Waals surface area (Å²) in [6.45, 7) is 8.36. The SMILES string of the molecule is CC(C)C(Br)C(C)(C)Cl. The Hall–Kier alpha value is 0.770. The van der Waals surface area contributed by atoms with Gasteiger partial charge in [0.1, 0.15) is 0 Å². The van der Waals surface area contributed by atoms with Gasteiger partial charge in [0.25, 0.3) is 0 Å². The molecule has 0 heterocycles. The molecule has 0 radical (unpaired) electrons. The summed E-state index contributed by atoms with van der Waals surface area (Å²) in [7, 11) is 0. The first-order valence-electron chi connectivity index (χ1n) is 3.18. The molecule has 0 fully saturated rings. The molecule has 0 aromatic carbocycles. The van der Waals surface area contributed by atoms with Crippen molar-refractivity contribution >= 4 is 27.5 Å². The highest BCUT2D eigenvalue weighted by Gasteiger charge is 2.26. The van der Waals surface area contributed by atoms with Gasteiger partial charge in [0, 0.05) is 4.83 Å². The van der Waals surface area contributed by atoms with Crippen LogP contribution < -0.4 is 0 Å². The average Bonchev–Trinajstić information content (AvgIpc) is 1.62. The second-order valence-electron chi connectivity index (χ2n) is 3.21. The van der Waals surface area contributed by atoms with E-state index >= 15 is 0 Å². The van der Waals surface area contributed by atoms with E-state index in [1.54, 1.807) is 0 Å². The van der Waals surface area contributed by atoms with E-state index in [2.05, 4.69) is 29.8 Å². The van der Waals surface area contributed by atoms with E-state index in [4.69, 9.17) is 11.6 Å². The van der Waals surface area contributed by atoms with Crippen molar-refractivity contribution in [3.8, 4) is 0 Å². The maximum absolute atomic E-state index is 6.03. The Morgan fingerprint density at radius 2 is 1.67 bits per heavy atom. The van der Waals surface area contributed by atoms with Crippen LogP contribution in [0.5, 0.6) is 0 Å². The summed E-state index contributed by atoms with van der Waals surface area (Å²) < 4.78 is 0. The highest BCUT2D eigenvalue weighted by molar-refractivity contribution is 9.09. The van der Waals surface area contributed by atoms with Crippen LogP contribution in [-0.4, -0.2) is 9.70 Å². The molecule has 0 spiro atoms. The van der Waals surface area contributed by atoms with E-state index in [0.717, 1.165) is 0 Å². The first kappa shape index (κ1) is 9.77. The highest BCUT2D eigenvalue weighted by Crippen LogP contribution is 2.29. The summed E-state index contributed by atoms with van der Waals surface area (Å²) in [5.74, 6) is 0.595. The van der Waals surface area contributed by atoms with Crippen molar-refractivity contribution < 1.29 is 0 Å². The van der Waals surface area contributed by atoms with Crippen LogP contribution in [0.2, 0.25) is 0 Å². The Morgan fingerprint density at radius 3 is 1.67 bits per heavy atom.